The van der Waals surface area contributed by atoms with Crippen LogP contribution >= 0.6 is 12.4 Å². The number of fused-ring (bicyclic) bond motifs is 4. The van der Waals surface area contributed by atoms with E-state index in [4.69, 9.17) is 9.72 Å². The molecule has 4 rings (SSSR count). The van der Waals surface area contributed by atoms with Gasteiger partial charge in [0.05, 0.1) is 11.2 Å². The normalized spacial score (nSPS) is 12.1. The molecule has 2 nitrogen and oxygen atoms in total. The highest BCUT2D eigenvalue weighted by atomic mass is 35.5. The maximum Gasteiger partial charge on any atom is 0.132 e. The summed E-state index contributed by atoms with van der Waals surface area (Å²) in [4.78, 5) is 4.88. The molecule has 3 heteroatoms. The monoisotopic (exact) mass is 297 g/mol. The van der Waals surface area contributed by atoms with Gasteiger partial charge in [-0.05, 0) is 37.1 Å². The summed E-state index contributed by atoms with van der Waals surface area (Å²) >= 11 is 0. The number of halogens is 1. The van der Waals surface area contributed by atoms with Gasteiger partial charge >= 0.3 is 0 Å². The largest absolute Gasteiger partial charge is 0.488 e. The summed E-state index contributed by atoms with van der Waals surface area (Å²) < 4.78 is 5.97. The third kappa shape index (κ3) is 1.98. The predicted molar refractivity (Wildman–Crippen MR) is 88.2 cm³/mol. The number of benzene rings is 2. The van der Waals surface area contributed by atoms with E-state index < -0.39 is 0 Å². The second kappa shape index (κ2) is 5.05. The van der Waals surface area contributed by atoms with Crippen LogP contribution in [0.2, 0.25) is 0 Å². The fourth-order valence-electron chi connectivity index (χ4n) is 2.99. The first-order valence-electron chi connectivity index (χ1n) is 6.86. The van der Waals surface area contributed by atoms with Gasteiger partial charge in [-0.3, -0.25) is 0 Å². The highest BCUT2D eigenvalue weighted by molar-refractivity contribution is 5.88. The first-order valence-corrected chi connectivity index (χ1v) is 6.86. The Kier molecular flexibility index (Phi) is 3.34. The van der Waals surface area contributed by atoms with Gasteiger partial charge in [-0.2, -0.15) is 0 Å². The number of hydrogen-bond donors (Lipinski definition) is 0. The molecule has 2 aromatic carbocycles. The van der Waals surface area contributed by atoms with Crippen molar-refractivity contribution in [1.29, 1.82) is 0 Å². The third-order valence-corrected chi connectivity index (χ3v) is 4.11. The number of para-hydroxylation sites is 2. The van der Waals surface area contributed by atoms with E-state index >= 15 is 0 Å². The zero-order chi connectivity index (χ0) is 13.7. The molecule has 0 radical (unpaired) electrons. The molecule has 0 N–H and O–H groups in total. The van der Waals surface area contributed by atoms with Crippen LogP contribution < -0.4 is 4.74 Å². The lowest BCUT2D eigenvalue weighted by atomic mass is 9.95. The van der Waals surface area contributed by atoms with Gasteiger partial charge in [0.15, 0.2) is 0 Å². The Balaban J connectivity index is 0.00000132. The lowest BCUT2D eigenvalue weighted by Crippen LogP contribution is -2.10. The van der Waals surface area contributed by atoms with E-state index in [1.807, 2.05) is 6.07 Å². The molecule has 0 unspecified atom stereocenters. The summed E-state index contributed by atoms with van der Waals surface area (Å²) in [7, 11) is 0. The van der Waals surface area contributed by atoms with Crippen LogP contribution in [0, 0.1) is 13.8 Å². The number of nitrogens with zero attached hydrogens (tertiary/aromatic N) is 1. The van der Waals surface area contributed by atoms with Gasteiger partial charge in [0, 0.05) is 16.5 Å². The van der Waals surface area contributed by atoms with Crippen molar-refractivity contribution >= 4 is 23.3 Å². The van der Waals surface area contributed by atoms with E-state index in [1.54, 1.807) is 0 Å². The molecule has 21 heavy (non-hydrogen) atoms. The minimum absolute atomic E-state index is 0. The number of pyridine rings is 1. The van der Waals surface area contributed by atoms with E-state index in [2.05, 4.69) is 50.2 Å². The lowest BCUT2D eigenvalue weighted by Gasteiger charge is -2.23. The van der Waals surface area contributed by atoms with Gasteiger partial charge in [-0.15, -0.1) is 12.4 Å². The molecule has 0 amide bonds. The van der Waals surface area contributed by atoms with E-state index in [9.17, 15) is 0 Å². The van der Waals surface area contributed by atoms with E-state index in [0.29, 0.717) is 6.61 Å². The molecule has 0 bridgehead atoms. The van der Waals surface area contributed by atoms with Crippen molar-refractivity contribution < 1.29 is 4.74 Å². The Morgan fingerprint density at radius 3 is 2.67 bits per heavy atom. The number of ether oxygens (including phenoxy) is 1. The third-order valence-electron chi connectivity index (χ3n) is 4.11. The first-order chi connectivity index (χ1) is 9.75. The maximum atomic E-state index is 5.97. The summed E-state index contributed by atoms with van der Waals surface area (Å²) in [5.74, 6) is 0.974. The van der Waals surface area contributed by atoms with E-state index in [1.165, 1.54) is 22.1 Å². The molecule has 0 spiro atoms. The first kappa shape index (κ1) is 13.9. The van der Waals surface area contributed by atoms with Crippen LogP contribution in [-0.2, 0) is 6.61 Å². The van der Waals surface area contributed by atoms with E-state index in [-0.39, 0.29) is 12.4 Å². The summed E-state index contributed by atoms with van der Waals surface area (Å²) in [6.07, 6.45) is 0. The highest BCUT2D eigenvalue weighted by Crippen LogP contribution is 2.40. The zero-order valence-corrected chi connectivity index (χ0v) is 12.8. The number of hydrogen-bond acceptors (Lipinski definition) is 2. The van der Waals surface area contributed by atoms with Gasteiger partial charge in [-0.1, -0.05) is 30.3 Å². The Hall–Kier alpha value is -2.06. The van der Waals surface area contributed by atoms with Gasteiger partial charge < -0.3 is 4.74 Å². The van der Waals surface area contributed by atoms with E-state index in [0.717, 1.165) is 22.5 Å². The molecule has 1 aliphatic heterocycles. The van der Waals surface area contributed by atoms with Crippen molar-refractivity contribution in [2.75, 3.05) is 0 Å². The van der Waals surface area contributed by atoms with Crippen LogP contribution in [-0.4, -0.2) is 4.98 Å². The SMILES string of the molecule is Cc1cccc2c1OCc1c-2nc2ccccc2c1C.Cl. The molecule has 0 fully saturated rings. The number of aryl methyl sites for hydroxylation is 2. The van der Waals surface area contributed by atoms with Crippen LogP contribution in [0.4, 0.5) is 0 Å². The fourth-order valence-corrected chi connectivity index (χ4v) is 2.99. The van der Waals surface area contributed by atoms with Crippen molar-refractivity contribution in [2.24, 2.45) is 0 Å². The van der Waals surface area contributed by atoms with Crippen LogP contribution in [0.25, 0.3) is 22.2 Å². The minimum Gasteiger partial charge on any atom is -0.488 e. The quantitative estimate of drug-likeness (QED) is 0.593. The summed E-state index contributed by atoms with van der Waals surface area (Å²) in [6.45, 7) is 4.85. The molecule has 1 aliphatic rings. The molecule has 3 aromatic rings. The second-order valence-electron chi connectivity index (χ2n) is 5.32. The van der Waals surface area contributed by atoms with Crippen LogP contribution in [0.1, 0.15) is 16.7 Å². The van der Waals surface area contributed by atoms with Crippen LogP contribution in [0.3, 0.4) is 0 Å². The van der Waals surface area contributed by atoms with Gasteiger partial charge in [-0.25, -0.2) is 4.98 Å². The fraction of sp³-hybridized carbons (Fsp3) is 0.167. The van der Waals surface area contributed by atoms with Crippen LogP contribution in [0.15, 0.2) is 42.5 Å². The van der Waals surface area contributed by atoms with Crippen molar-refractivity contribution in [3.63, 3.8) is 0 Å². The highest BCUT2D eigenvalue weighted by Gasteiger charge is 2.22. The average molecular weight is 298 g/mol. The Morgan fingerprint density at radius 2 is 1.81 bits per heavy atom. The van der Waals surface area contributed by atoms with Crippen molar-refractivity contribution in [2.45, 2.75) is 20.5 Å². The van der Waals surface area contributed by atoms with Crippen molar-refractivity contribution in [1.82, 2.24) is 4.98 Å². The van der Waals surface area contributed by atoms with Gasteiger partial charge in [0.2, 0.25) is 0 Å². The minimum atomic E-state index is 0. The number of rotatable bonds is 0. The molecule has 2 heterocycles. The summed E-state index contributed by atoms with van der Waals surface area (Å²) in [5.41, 5.74) is 6.89. The van der Waals surface area contributed by atoms with Gasteiger partial charge in [0.1, 0.15) is 12.4 Å². The Labute approximate surface area is 130 Å². The molecular weight excluding hydrogens is 282 g/mol. The Morgan fingerprint density at radius 1 is 1.00 bits per heavy atom. The maximum absolute atomic E-state index is 5.97. The predicted octanol–water partition coefficient (Wildman–Crippen LogP) is 4.83. The van der Waals surface area contributed by atoms with Crippen molar-refractivity contribution in [3.05, 3.63) is 59.2 Å². The second-order valence-corrected chi connectivity index (χ2v) is 5.32. The molecule has 0 atom stereocenters. The van der Waals surface area contributed by atoms with Crippen LogP contribution in [0.5, 0.6) is 5.75 Å². The molecule has 0 saturated carbocycles. The molecule has 0 saturated heterocycles. The summed E-state index contributed by atoms with van der Waals surface area (Å²) in [6, 6.07) is 14.6. The van der Waals surface area contributed by atoms with Gasteiger partial charge in [0.25, 0.3) is 0 Å². The molecule has 106 valence electrons. The number of aromatic nitrogens is 1. The Bertz CT molecular complexity index is 842. The topological polar surface area (TPSA) is 22.1 Å². The molecular formula is C18H16ClNO. The molecule has 0 aliphatic carbocycles. The summed E-state index contributed by atoms with van der Waals surface area (Å²) in [5, 5.41) is 1.21. The molecule has 1 aromatic heterocycles. The average Bonchev–Trinajstić information content (AvgIpc) is 2.48. The van der Waals surface area contributed by atoms with Crippen molar-refractivity contribution in [3.8, 4) is 17.0 Å². The standard InChI is InChI=1S/C18H15NO.ClH/c1-11-6-5-8-14-17-15(10-20-18(11)14)12(2)13-7-3-4-9-16(13)19-17;/h3-9H,10H2,1-2H3;1H. The zero-order valence-electron chi connectivity index (χ0n) is 12.0. The smallest absolute Gasteiger partial charge is 0.132 e. The lowest BCUT2D eigenvalue weighted by molar-refractivity contribution is 0.299.